The lowest BCUT2D eigenvalue weighted by atomic mass is 10.2. The summed E-state index contributed by atoms with van der Waals surface area (Å²) in [6.07, 6.45) is 0. The number of fused-ring (bicyclic) bond motifs is 4. The van der Waals surface area contributed by atoms with Crippen molar-refractivity contribution in [2.45, 2.75) is 0 Å². The van der Waals surface area contributed by atoms with Crippen molar-refractivity contribution in [2.24, 2.45) is 0 Å². The molecule has 0 atom stereocenters. The van der Waals surface area contributed by atoms with Gasteiger partial charge in [-0.25, -0.2) is 14.5 Å². The Kier molecular flexibility index (Phi) is 7.32. The van der Waals surface area contributed by atoms with E-state index in [0.717, 1.165) is 39.2 Å². The quantitative estimate of drug-likeness (QED) is 0.167. The maximum Gasteiger partial charge on any atom is 0.241 e. The fourth-order valence-electron chi connectivity index (χ4n) is 7.17. The molecular formula is C46H31N7. The highest BCUT2D eigenvalue weighted by Crippen LogP contribution is 2.39. The molecule has 53 heavy (non-hydrogen) atoms. The highest BCUT2D eigenvalue weighted by molar-refractivity contribution is 6.09. The van der Waals surface area contributed by atoms with E-state index in [0.29, 0.717) is 23.5 Å². The molecule has 0 unspecified atom stereocenters. The van der Waals surface area contributed by atoms with Crippen molar-refractivity contribution in [2.75, 3.05) is 4.90 Å². The molecule has 0 aliphatic rings. The van der Waals surface area contributed by atoms with Gasteiger partial charge in [0.1, 0.15) is 0 Å². The third kappa shape index (κ3) is 5.30. The molecule has 3 heterocycles. The summed E-state index contributed by atoms with van der Waals surface area (Å²) in [4.78, 5) is 22.7. The largest absolute Gasteiger partial charge is 0.309 e. The van der Waals surface area contributed by atoms with Crippen LogP contribution in [0.15, 0.2) is 188 Å². The number of rotatable bonds is 7. The second-order valence-corrected chi connectivity index (χ2v) is 12.8. The summed E-state index contributed by atoms with van der Waals surface area (Å²) < 4.78 is 4.38. The molecule has 0 N–H and O–H groups in total. The predicted molar refractivity (Wildman–Crippen MR) is 214 cm³/mol. The Bertz CT molecular complexity index is 2770. The topological polar surface area (TPSA) is 64.7 Å². The van der Waals surface area contributed by atoms with Crippen LogP contribution in [-0.2, 0) is 0 Å². The van der Waals surface area contributed by atoms with Gasteiger partial charge in [0.25, 0.3) is 0 Å². The van der Waals surface area contributed by atoms with E-state index in [1.807, 2.05) is 102 Å². The number of imidazole rings is 1. The third-order valence-electron chi connectivity index (χ3n) is 9.59. The van der Waals surface area contributed by atoms with Gasteiger partial charge in [-0.3, -0.25) is 4.90 Å². The van der Waals surface area contributed by atoms with Crippen molar-refractivity contribution in [3.05, 3.63) is 188 Å². The van der Waals surface area contributed by atoms with E-state index < -0.39 is 0 Å². The zero-order valence-electron chi connectivity index (χ0n) is 28.5. The summed E-state index contributed by atoms with van der Waals surface area (Å²) in [6, 6.07) is 64.4. The van der Waals surface area contributed by atoms with Crippen molar-refractivity contribution in [1.29, 1.82) is 0 Å². The van der Waals surface area contributed by atoms with E-state index in [1.165, 1.54) is 21.8 Å². The maximum atomic E-state index is 5.28. The molecule has 0 aliphatic carbocycles. The van der Waals surface area contributed by atoms with Crippen LogP contribution in [0.25, 0.3) is 67.3 Å². The molecule has 0 amide bonds. The van der Waals surface area contributed by atoms with Crippen molar-refractivity contribution in [1.82, 2.24) is 29.1 Å². The van der Waals surface area contributed by atoms with E-state index in [4.69, 9.17) is 19.9 Å². The fraction of sp³-hybridized carbons (Fsp3) is 0. The minimum Gasteiger partial charge on any atom is -0.309 e. The highest BCUT2D eigenvalue weighted by atomic mass is 15.4. The van der Waals surface area contributed by atoms with E-state index in [1.54, 1.807) is 0 Å². The number of nitrogens with zero attached hydrogens (tertiary/aromatic N) is 7. The van der Waals surface area contributed by atoms with Gasteiger partial charge in [-0.2, -0.15) is 9.97 Å². The standard InChI is InChI=1S/C46H31N7/c1-4-16-32(17-5-1)43-48-44(33-18-6-2-7-19-33)50-45(49-43)53-42-27-15-12-24-39(42)47-46(53)51(34-20-8-3-9-21-34)35-28-30-36(31-29-35)52-40-25-13-10-22-37(40)38-23-11-14-26-41(38)52/h1-31H. The van der Waals surface area contributed by atoms with Crippen LogP contribution in [-0.4, -0.2) is 29.1 Å². The molecule has 0 bridgehead atoms. The van der Waals surface area contributed by atoms with Gasteiger partial charge >= 0.3 is 0 Å². The van der Waals surface area contributed by atoms with Crippen LogP contribution in [0, 0.1) is 0 Å². The van der Waals surface area contributed by atoms with Crippen LogP contribution in [0.3, 0.4) is 0 Å². The molecule has 10 aromatic rings. The maximum absolute atomic E-state index is 5.28. The molecule has 0 radical (unpaired) electrons. The van der Waals surface area contributed by atoms with Gasteiger partial charge in [0.15, 0.2) is 11.6 Å². The Morgan fingerprint density at radius 3 is 1.42 bits per heavy atom. The zero-order chi connectivity index (χ0) is 35.1. The van der Waals surface area contributed by atoms with Crippen LogP contribution >= 0.6 is 0 Å². The van der Waals surface area contributed by atoms with E-state index in [9.17, 15) is 0 Å². The molecule has 0 saturated carbocycles. The number of aromatic nitrogens is 6. The molecule has 7 heteroatoms. The van der Waals surface area contributed by atoms with Crippen LogP contribution < -0.4 is 4.90 Å². The fourth-order valence-corrected chi connectivity index (χ4v) is 7.17. The monoisotopic (exact) mass is 681 g/mol. The second-order valence-electron chi connectivity index (χ2n) is 12.8. The predicted octanol–water partition coefficient (Wildman–Crippen LogP) is 11.1. The molecular weight excluding hydrogens is 651 g/mol. The minimum absolute atomic E-state index is 0.476. The van der Waals surface area contributed by atoms with Gasteiger partial charge in [-0.1, -0.05) is 127 Å². The average molecular weight is 682 g/mol. The number of anilines is 3. The van der Waals surface area contributed by atoms with E-state index in [2.05, 4.69) is 100 Å². The smallest absolute Gasteiger partial charge is 0.241 e. The molecule has 250 valence electrons. The van der Waals surface area contributed by atoms with Gasteiger partial charge in [-0.15, -0.1) is 0 Å². The normalized spacial score (nSPS) is 11.4. The van der Waals surface area contributed by atoms with Gasteiger partial charge in [0, 0.05) is 39.0 Å². The number of hydrogen-bond acceptors (Lipinski definition) is 5. The average Bonchev–Trinajstić information content (AvgIpc) is 3.78. The van der Waals surface area contributed by atoms with Crippen LogP contribution in [0.5, 0.6) is 0 Å². The van der Waals surface area contributed by atoms with Crippen molar-refractivity contribution < 1.29 is 0 Å². The summed E-state index contributed by atoms with van der Waals surface area (Å²) in [5.74, 6) is 2.30. The first kappa shape index (κ1) is 30.4. The van der Waals surface area contributed by atoms with Crippen molar-refractivity contribution >= 4 is 50.2 Å². The second kappa shape index (κ2) is 12.7. The van der Waals surface area contributed by atoms with Gasteiger partial charge in [0.05, 0.1) is 22.1 Å². The van der Waals surface area contributed by atoms with Crippen LogP contribution in [0.1, 0.15) is 0 Å². The first-order valence-electron chi connectivity index (χ1n) is 17.6. The van der Waals surface area contributed by atoms with Crippen molar-refractivity contribution in [3.8, 4) is 34.4 Å². The zero-order valence-corrected chi connectivity index (χ0v) is 28.5. The molecule has 0 saturated heterocycles. The Labute approximate surface area is 305 Å². The Morgan fingerprint density at radius 2 is 0.830 bits per heavy atom. The third-order valence-corrected chi connectivity index (χ3v) is 9.59. The minimum atomic E-state index is 0.476. The van der Waals surface area contributed by atoms with E-state index >= 15 is 0 Å². The Morgan fingerprint density at radius 1 is 0.358 bits per heavy atom. The van der Waals surface area contributed by atoms with Crippen molar-refractivity contribution in [3.63, 3.8) is 0 Å². The summed E-state index contributed by atoms with van der Waals surface area (Å²) in [7, 11) is 0. The number of para-hydroxylation sites is 5. The molecule has 0 aliphatic heterocycles. The van der Waals surface area contributed by atoms with E-state index in [-0.39, 0.29) is 0 Å². The SMILES string of the molecule is c1ccc(-c2nc(-c3ccccc3)nc(-n3c(N(c4ccccc4)c4ccc(-n5c6ccccc6c6ccccc65)cc4)nc4ccccc43)n2)cc1. The van der Waals surface area contributed by atoms with Crippen LogP contribution in [0.2, 0.25) is 0 Å². The number of hydrogen-bond donors (Lipinski definition) is 0. The van der Waals surface area contributed by atoms with Crippen LogP contribution in [0.4, 0.5) is 17.3 Å². The Hall–Kier alpha value is -7.38. The molecule has 0 spiro atoms. The molecule has 7 nitrogen and oxygen atoms in total. The molecule has 7 aromatic carbocycles. The summed E-state index contributed by atoms with van der Waals surface area (Å²) in [5.41, 5.74) is 8.82. The Balaban J connectivity index is 1.19. The number of benzene rings is 7. The first-order chi connectivity index (χ1) is 26.3. The van der Waals surface area contributed by atoms with Gasteiger partial charge in [-0.05, 0) is 60.7 Å². The lowest BCUT2D eigenvalue weighted by molar-refractivity contribution is 0.912. The first-order valence-corrected chi connectivity index (χ1v) is 17.6. The summed E-state index contributed by atoms with van der Waals surface area (Å²) >= 11 is 0. The lowest BCUT2D eigenvalue weighted by Gasteiger charge is -2.25. The van der Waals surface area contributed by atoms with Gasteiger partial charge in [0.2, 0.25) is 11.9 Å². The molecule has 0 fully saturated rings. The van der Waals surface area contributed by atoms with Gasteiger partial charge < -0.3 is 4.57 Å². The lowest BCUT2D eigenvalue weighted by Crippen LogP contribution is -2.17. The summed E-state index contributed by atoms with van der Waals surface area (Å²) in [5, 5.41) is 2.46. The molecule has 3 aromatic heterocycles. The molecule has 10 rings (SSSR count). The highest BCUT2D eigenvalue weighted by Gasteiger charge is 2.25. The summed E-state index contributed by atoms with van der Waals surface area (Å²) in [6.45, 7) is 0.